The fraction of sp³-hybridized carbons (Fsp3) is 0.143. The van der Waals surface area contributed by atoms with Gasteiger partial charge < -0.3 is 0 Å². The molecule has 3 rings (SSSR count). The minimum absolute atomic E-state index is 0.957. The van der Waals surface area contributed by atoms with Gasteiger partial charge in [-0.1, -0.05) is 0 Å². The van der Waals surface area contributed by atoms with Gasteiger partial charge in [-0.3, -0.25) is 0 Å². The second kappa shape index (κ2) is 6.67. The normalized spacial score (nSPS) is 12.0. The Labute approximate surface area is 143 Å². The molecule has 0 saturated heterocycles. The van der Waals surface area contributed by atoms with Gasteiger partial charge in [0.2, 0.25) is 0 Å². The number of aryl methyl sites for hydroxylation is 3. The van der Waals surface area contributed by atoms with Crippen LogP contribution in [0.5, 0.6) is 0 Å². The Kier molecular flexibility index (Phi) is 4.59. The molecule has 0 aliphatic rings. The molecule has 0 atom stereocenters. The molecule has 24 heavy (non-hydrogen) atoms. The van der Waals surface area contributed by atoms with E-state index >= 15 is 0 Å². The number of carbonyl (C=O) groups is 1. The van der Waals surface area contributed by atoms with Gasteiger partial charge in [0.05, 0.1) is 0 Å². The zero-order chi connectivity index (χ0) is 17.2. The van der Waals surface area contributed by atoms with Gasteiger partial charge >= 0.3 is 143 Å². The van der Waals surface area contributed by atoms with Crippen LogP contribution in [0.2, 0.25) is 0 Å². The number of hydrogen-bond acceptors (Lipinski definition) is 2. The fourth-order valence-electron chi connectivity index (χ4n) is 3.67. The predicted octanol–water partition coefficient (Wildman–Crippen LogP) is 3.22. The second-order valence-corrected chi connectivity index (χ2v) is 9.71. The van der Waals surface area contributed by atoms with Gasteiger partial charge in [-0.05, 0) is 0 Å². The SMILES string of the molecule is Cc1cc(C)c([PH](C=O)(c2ccccc2)c2ccccc2)c(C)n1. The van der Waals surface area contributed by atoms with Crippen LogP contribution < -0.4 is 15.9 Å². The van der Waals surface area contributed by atoms with E-state index in [1.165, 1.54) is 6.03 Å². The van der Waals surface area contributed by atoms with E-state index in [1.54, 1.807) is 0 Å². The average molecular weight is 335 g/mol. The molecule has 2 aromatic carbocycles. The summed E-state index contributed by atoms with van der Waals surface area (Å²) in [5.74, 6) is 0. The Morgan fingerprint density at radius 2 is 1.33 bits per heavy atom. The number of aromatic nitrogens is 1. The van der Waals surface area contributed by atoms with Crippen LogP contribution in [0.25, 0.3) is 0 Å². The van der Waals surface area contributed by atoms with Crippen LogP contribution in [0.4, 0.5) is 0 Å². The summed E-state index contributed by atoms with van der Waals surface area (Å²) < 4.78 is 0. The van der Waals surface area contributed by atoms with Crippen molar-refractivity contribution in [3.8, 4) is 0 Å². The summed E-state index contributed by atoms with van der Waals surface area (Å²) in [6.45, 7) is 6.11. The number of benzene rings is 2. The van der Waals surface area contributed by atoms with E-state index in [9.17, 15) is 4.79 Å². The molecule has 0 N–H and O–H groups in total. The molecule has 0 aliphatic carbocycles. The standard InChI is InChI=1S/C21H22NOP/c1-16-14-17(2)22-18(3)21(16)24(15-23,19-10-6-4-7-11-19)20-12-8-5-9-13-20/h4-15,24H,1-3H3. The van der Waals surface area contributed by atoms with Gasteiger partial charge in [-0.15, -0.1) is 0 Å². The molecule has 0 radical (unpaired) electrons. The molecule has 3 heteroatoms. The van der Waals surface area contributed by atoms with Crippen molar-refractivity contribution in [2.75, 3.05) is 0 Å². The van der Waals surface area contributed by atoms with Crippen LogP contribution in [0.1, 0.15) is 17.0 Å². The first kappa shape index (κ1) is 16.5. The van der Waals surface area contributed by atoms with Gasteiger partial charge in [-0.25, -0.2) is 0 Å². The Hall–Kier alpha value is -2.31. The Balaban J connectivity index is 2.42. The van der Waals surface area contributed by atoms with E-state index in [-0.39, 0.29) is 0 Å². The molecule has 0 fully saturated rings. The van der Waals surface area contributed by atoms with Gasteiger partial charge in [0.25, 0.3) is 0 Å². The van der Waals surface area contributed by atoms with Crippen LogP contribution in [-0.4, -0.2) is 11.0 Å². The number of hydrogen-bond donors (Lipinski definition) is 0. The molecule has 0 bridgehead atoms. The van der Waals surface area contributed by atoms with Crippen molar-refractivity contribution in [1.82, 2.24) is 4.98 Å². The number of pyridine rings is 1. The van der Waals surface area contributed by atoms with E-state index in [0.717, 1.165) is 32.9 Å². The molecule has 3 aromatic rings. The van der Waals surface area contributed by atoms with Crippen molar-refractivity contribution >= 4 is 29.2 Å². The first-order valence-electron chi connectivity index (χ1n) is 8.12. The molecule has 0 unspecified atom stereocenters. The van der Waals surface area contributed by atoms with Crippen LogP contribution in [0.3, 0.4) is 0 Å². The van der Waals surface area contributed by atoms with Crippen molar-refractivity contribution in [1.29, 1.82) is 0 Å². The molecule has 0 spiro atoms. The van der Waals surface area contributed by atoms with E-state index in [2.05, 4.69) is 42.2 Å². The Morgan fingerprint density at radius 3 is 1.75 bits per heavy atom. The van der Waals surface area contributed by atoms with Gasteiger partial charge in [0.15, 0.2) is 0 Å². The van der Waals surface area contributed by atoms with E-state index in [0.29, 0.717) is 0 Å². The zero-order valence-corrected chi connectivity index (χ0v) is 15.3. The molecule has 2 nitrogen and oxygen atoms in total. The number of nitrogens with zero attached hydrogens (tertiary/aromatic N) is 1. The molecule has 1 aromatic heterocycles. The van der Waals surface area contributed by atoms with Crippen molar-refractivity contribution in [2.45, 2.75) is 20.8 Å². The first-order valence-corrected chi connectivity index (χ1v) is 10.2. The molecular formula is C21H22NOP. The monoisotopic (exact) mass is 335 g/mol. The predicted molar refractivity (Wildman–Crippen MR) is 105 cm³/mol. The minimum atomic E-state index is -2.75. The maximum absolute atomic E-state index is 12.7. The second-order valence-electron chi connectivity index (χ2n) is 6.20. The van der Waals surface area contributed by atoms with Crippen molar-refractivity contribution < 1.29 is 4.79 Å². The number of carbonyl (C=O) groups excluding carboxylic acids is 1. The third-order valence-electron chi connectivity index (χ3n) is 4.55. The van der Waals surface area contributed by atoms with Crippen molar-refractivity contribution in [3.63, 3.8) is 0 Å². The molecular weight excluding hydrogens is 313 g/mol. The topological polar surface area (TPSA) is 30.0 Å². The molecule has 0 aliphatic heterocycles. The molecule has 0 amide bonds. The summed E-state index contributed by atoms with van der Waals surface area (Å²) in [6.07, 6.45) is 0. The summed E-state index contributed by atoms with van der Waals surface area (Å²) in [5, 5.41) is 3.31. The molecule has 1 heterocycles. The molecule has 122 valence electrons. The fourth-order valence-corrected chi connectivity index (χ4v) is 7.73. The zero-order valence-electron chi connectivity index (χ0n) is 14.3. The van der Waals surface area contributed by atoms with Crippen LogP contribution in [-0.2, 0) is 4.79 Å². The van der Waals surface area contributed by atoms with Crippen LogP contribution in [0.15, 0.2) is 66.7 Å². The summed E-state index contributed by atoms with van der Waals surface area (Å²) in [5.41, 5.74) is 3.09. The Bertz CT molecular complexity index is 797. The maximum atomic E-state index is 12.7. The average Bonchev–Trinajstić information content (AvgIpc) is 2.59. The third kappa shape index (κ3) is 2.68. The van der Waals surface area contributed by atoms with Crippen molar-refractivity contribution in [2.24, 2.45) is 0 Å². The van der Waals surface area contributed by atoms with E-state index in [4.69, 9.17) is 0 Å². The van der Waals surface area contributed by atoms with E-state index in [1.807, 2.05) is 50.2 Å². The quantitative estimate of drug-likeness (QED) is 0.541. The third-order valence-corrected chi connectivity index (χ3v) is 8.94. The van der Waals surface area contributed by atoms with Crippen molar-refractivity contribution in [3.05, 3.63) is 83.7 Å². The van der Waals surface area contributed by atoms with E-state index < -0.39 is 7.26 Å². The molecule has 0 saturated carbocycles. The Morgan fingerprint density at radius 1 is 0.833 bits per heavy atom. The van der Waals surface area contributed by atoms with Gasteiger partial charge in [-0.2, -0.15) is 0 Å². The van der Waals surface area contributed by atoms with Crippen LogP contribution in [0, 0.1) is 20.8 Å². The summed E-state index contributed by atoms with van der Waals surface area (Å²) in [6, 6.07) is 23.6. The summed E-state index contributed by atoms with van der Waals surface area (Å²) in [7, 11) is -2.75. The first-order chi connectivity index (χ1) is 11.6. The number of rotatable bonds is 4. The summed E-state index contributed by atoms with van der Waals surface area (Å²) in [4.78, 5) is 17.3. The van der Waals surface area contributed by atoms with Gasteiger partial charge in [0.1, 0.15) is 0 Å². The van der Waals surface area contributed by atoms with Gasteiger partial charge in [0, 0.05) is 0 Å². The summed E-state index contributed by atoms with van der Waals surface area (Å²) >= 11 is 0. The van der Waals surface area contributed by atoms with Crippen LogP contribution >= 0.6 is 7.26 Å².